The molecular formula is C25H29F4N3O4. The van der Waals surface area contributed by atoms with Gasteiger partial charge in [0.2, 0.25) is 0 Å². The van der Waals surface area contributed by atoms with Gasteiger partial charge in [0.25, 0.3) is 5.91 Å². The molecule has 0 unspecified atom stereocenters. The lowest BCUT2D eigenvalue weighted by atomic mass is 9.76. The van der Waals surface area contributed by atoms with Gasteiger partial charge in [-0.1, -0.05) is 13.8 Å². The zero-order chi connectivity index (χ0) is 26.1. The molecule has 7 nitrogen and oxygen atoms in total. The Morgan fingerprint density at radius 1 is 1.31 bits per heavy atom. The Hall–Kier alpha value is -2.95. The average Bonchev–Trinajstić information content (AvgIpc) is 3.10. The van der Waals surface area contributed by atoms with E-state index in [9.17, 15) is 27.2 Å². The second-order valence-corrected chi connectivity index (χ2v) is 9.67. The van der Waals surface area contributed by atoms with Gasteiger partial charge >= 0.3 is 12.1 Å². The highest BCUT2D eigenvalue weighted by molar-refractivity contribution is 5.97. The van der Waals surface area contributed by atoms with Gasteiger partial charge in [0.1, 0.15) is 5.82 Å². The van der Waals surface area contributed by atoms with E-state index in [0.717, 1.165) is 30.7 Å². The van der Waals surface area contributed by atoms with Crippen molar-refractivity contribution in [2.24, 2.45) is 11.3 Å². The highest BCUT2D eigenvalue weighted by Crippen LogP contribution is 2.37. The number of hydrogen-bond acceptors (Lipinski definition) is 5. The highest BCUT2D eigenvalue weighted by Gasteiger charge is 2.40. The van der Waals surface area contributed by atoms with Crippen LogP contribution >= 0.6 is 0 Å². The monoisotopic (exact) mass is 511 g/mol. The largest absolute Gasteiger partial charge is 0.462 e. The van der Waals surface area contributed by atoms with E-state index in [2.05, 4.69) is 10.4 Å². The van der Waals surface area contributed by atoms with E-state index in [1.165, 1.54) is 0 Å². The molecule has 0 radical (unpaired) electrons. The Morgan fingerprint density at radius 3 is 2.69 bits per heavy atom. The number of hydrogen-bond donors (Lipinski definition) is 1. The van der Waals surface area contributed by atoms with Crippen LogP contribution in [0.5, 0.6) is 0 Å². The molecule has 1 N–H and O–H groups in total. The third-order valence-corrected chi connectivity index (χ3v) is 6.90. The molecule has 196 valence electrons. The normalized spacial score (nSPS) is 18.3. The summed E-state index contributed by atoms with van der Waals surface area (Å²) in [5, 5.41) is 7.70. The topological polar surface area (TPSA) is 82.5 Å². The molecule has 1 saturated heterocycles. The number of fused-ring (bicyclic) bond motifs is 1. The van der Waals surface area contributed by atoms with E-state index in [4.69, 9.17) is 9.47 Å². The lowest BCUT2D eigenvalue weighted by Gasteiger charge is -2.36. The summed E-state index contributed by atoms with van der Waals surface area (Å²) in [6.07, 6.45) is -2.06. The molecule has 0 bridgehead atoms. The predicted molar refractivity (Wildman–Crippen MR) is 121 cm³/mol. The minimum atomic E-state index is -4.90. The molecule has 2 aliphatic heterocycles. The van der Waals surface area contributed by atoms with E-state index >= 15 is 0 Å². The first-order valence-electron chi connectivity index (χ1n) is 12.0. The van der Waals surface area contributed by atoms with Gasteiger partial charge < -0.3 is 14.8 Å². The first-order chi connectivity index (χ1) is 17.0. The molecule has 4 rings (SSSR count). The summed E-state index contributed by atoms with van der Waals surface area (Å²) >= 11 is 0. The number of amides is 1. The predicted octanol–water partition coefficient (Wildman–Crippen LogP) is 4.18. The van der Waals surface area contributed by atoms with Gasteiger partial charge in [-0.2, -0.15) is 18.3 Å². The van der Waals surface area contributed by atoms with Crippen molar-refractivity contribution in [1.29, 1.82) is 0 Å². The molecule has 0 saturated carbocycles. The van der Waals surface area contributed by atoms with Crippen LogP contribution < -0.4 is 5.32 Å². The standard InChI is InChI=1S/C25H29F4N3O4/c1-3-19-21-20(11-24(14-30-22(21)33)6-8-35-9-7-24)32(31-19)12-15(2)13-36-23(34)17-5-4-16(26)10-18(17)25(27,28)29/h4-5,10,15H,3,6-9,11-14H2,1-2H3,(H,30,33)/t15-/m1/s1. The SMILES string of the molecule is CCc1nn(C[C@@H](C)COC(=O)c2ccc(F)cc2C(F)(F)F)c2c1C(=O)NCC1(CCOCC1)C2. The quantitative estimate of drug-likeness (QED) is 0.465. The summed E-state index contributed by atoms with van der Waals surface area (Å²) in [5.74, 6) is -2.74. The minimum absolute atomic E-state index is 0.131. The van der Waals surface area contributed by atoms with Crippen LogP contribution in [-0.2, 0) is 35.0 Å². The van der Waals surface area contributed by atoms with E-state index in [1.54, 1.807) is 11.6 Å². The fraction of sp³-hybridized carbons (Fsp3) is 0.560. The Morgan fingerprint density at radius 2 is 2.03 bits per heavy atom. The molecule has 3 heterocycles. The fourth-order valence-corrected chi connectivity index (χ4v) is 4.90. The maximum absolute atomic E-state index is 13.4. The summed E-state index contributed by atoms with van der Waals surface area (Å²) in [6.45, 7) is 5.63. The van der Waals surface area contributed by atoms with Gasteiger partial charge in [0, 0.05) is 32.2 Å². The van der Waals surface area contributed by atoms with Crippen LogP contribution in [0.2, 0.25) is 0 Å². The molecule has 0 aliphatic carbocycles. The number of carbonyl (C=O) groups is 2. The lowest BCUT2D eigenvalue weighted by Crippen LogP contribution is -2.41. The van der Waals surface area contributed by atoms with E-state index in [1.807, 2.05) is 6.92 Å². The van der Waals surface area contributed by atoms with Crippen LogP contribution in [0.3, 0.4) is 0 Å². The minimum Gasteiger partial charge on any atom is -0.462 e. The molecule has 1 atom stereocenters. The van der Waals surface area contributed by atoms with Crippen molar-refractivity contribution in [3.05, 3.63) is 52.1 Å². The number of alkyl halides is 3. The van der Waals surface area contributed by atoms with Crippen molar-refractivity contribution in [3.8, 4) is 0 Å². The Kier molecular flexibility index (Phi) is 7.40. The molecule has 11 heteroatoms. The van der Waals surface area contributed by atoms with Crippen LogP contribution in [-0.4, -0.2) is 48.0 Å². The van der Waals surface area contributed by atoms with Crippen LogP contribution in [0.1, 0.15) is 64.4 Å². The number of carbonyl (C=O) groups excluding carboxylic acids is 2. The van der Waals surface area contributed by atoms with E-state index in [0.29, 0.717) is 50.4 Å². The molecule has 1 spiro atoms. The van der Waals surface area contributed by atoms with Crippen LogP contribution in [0.25, 0.3) is 0 Å². The van der Waals surface area contributed by atoms with Gasteiger partial charge in [-0.3, -0.25) is 9.48 Å². The van der Waals surface area contributed by atoms with Crippen molar-refractivity contribution in [3.63, 3.8) is 0 Å². The number of halogens is 4. The molecule has 1 aromatic carbocycles. The first kappa shape index (κ1) is 26.1. The van der Waals surface area contributed by atoms with Crippen molar-refractivity contribution in [1.82, 2.24) is 15.1 Å². The van der Waals surface area contributed by atoms with Crippen molar-refractivity contribution >= 4 is 11.9 Å². The maximum Gasteiger partial charge on any atom is 0.417 e. The fourth-order valence-electron chi connectivity index (χ4n) is 4.90. The van der Waals surface area contributed by atoms with Crippen molar-refractivity contribution < 1.29 is 36.6 Å². The number of nitrogens with zero attached hydrogens (tertiary/aromatic N) is 2. The summed E-state index contributed by atoms with van der Waals surface area (Å²) in [6, 6.07) is 1.85. The number of aryl methyl sites for hydroxylation is 1. The molecule has 2 aromatic rings. The van der Waals surface area contributed by atoms with E-state index in [-0.39, 0.29) is 29.9 Å². The highest BCUT2D eigenvalue weighted by atomic mass is 19.4. The van der Waals surface area contributed by atoms with E-state index < -0.39 is 29.1 Å². The zero-order valence-corrected chi connectivity index (χ0v) is 20.2. The van der Waals surface area contributed by atoms with Crippen LogP contribution in [0, 0.1) is 17.2 Å². The number of aromatic nitrogens is 2. The molecule has 1 aromatic heterocycles. The van der Waals surface area contributed by atoms with Gasteiger partial charge in [0.15, 0.2) is 0 Å². The lowest BCUT2D eigenvalue weighted by molar-refractivity contribution is -0.138. The summed E-state index contributed by atoms with van der Waals surface area (Å²) in [5.41, 5.74) is -0.176. The molecule has 1 amide bonds. The third kappa shape index (κ3) is 5.40. The van der Waals surface area contributed by atoms with Gasteiger partial charge in [-0.05, 0) is 49.3 Å². The number of rotatable bonds is 6. The Balaban J connectivity index is 1.51. The van der Waals surface area contributed by atoms with Crippen molar-refractivity contribution in [2.75, 3.05) is 26.4 Å². The van der Waals surface area contributed by atoms with Gasteiger partial charge in [0.05, 0.1) is 34.7 Å². The van der Waals surface area contributed by atoms with Crippen LogP contribution in [0.4, 0.5) is 17.6 Å². The second-order valence-electron chi connectivity index (χ2n) is 9.67. The zero-order valence-electron chi connectivity index (χ0n) is 20.2. The van der Waals surface area contributed by atoms with Crippen molar-refractivity contribution in [2.45, 2.75) is 52.3 Å². The smallest absolute Gasteiger partial charge is 0.417 e. The Bertz CT molecular complexity index is 1140. The summed E-state index contributed by atoms with van der Waals surface area (Å²) < 4.78 is 65.6. The number of nitrogens with one attached hydrogen (secondary N) is 1. The number of ether oxygens (including phenoxy) is 2. The molecule has 36 heavy (non-hydrogen) atoms. The maximum atomic E-state index is 13.4. The Labute approximate surface area is 206 Å². The third-order valence-electron chi connectivity index (χ3n) is 6.90. The summed E-state index contributed by atoms with van der Waals surface area (Å²) in [4.78, 5) is 25.4. The second kappa shape index (κ2) is 10.2. The van der Waals surface area contributed by atoms with Crippen LogP contribution in [0.15, 0.2) is 18.2 Å². The molecule has 1 fully saturated rings. The number of esters is 1. The first-order valence-corrected chi connectivity index (χ1v) is 12.0. The van der Waals surface area contributed by atoms with Gasteiger partial charge in [-0.25, -0.2) is 9.18 Å². The molecular weight excluding hydrogens is 482 g/mol. The van der Waals surface area contributed by atoms with Gasteiger partial charge in [-0.15, -0.1) is 0 Å². The number of benzene rings is 1. The summed E-state index contributed by atoms with van der Waals surface area (Å²) in [7, 11) is 0. The molecule has 2 aliphatic rings. The average molecular weight is 512 g/mol.